The Labute approximate surface area is 116 Å². The molecule has 1 aliphatic heterocycles. The molecule has 106 valence electrons. The molecule has 0 aliphatic carbocycles. The molecule has 1 saturated heterocycles. The van der Waals surface area contributed by atoms with Gasteiger partial charge in [-0.1, -0.05) is 6.07 Å². The fourth-order valence-corrected chi connectivity index (χ4v) is 2.43. The first kappa shape index (κ1) is 13.1. The van der Waals surface area contributed by atoms with E-state index in [0.717, 1.165) is 37.1 Å². The van der Waals surface area contributed by atoms with Crippen molar-refractivity contribution < 1.29 is 19.1 Å². The minimum absolute atomic E-state index is 0.0254. The fraction of sp³-hybridized carbons (Fsp3) is 0.400. The Morgan fingerprint density at radius 1 is 1.45 bits per heavy atom. The highest BCUT2D eigenvalue weighted by molar-refractivity contribution is 5.91. The maximum atomic E-state index is 10.9. The zero-order valence-electron chi connectivity index (χ0n) is 11.3. The van der Waals surface area contributed by atoms with E-state index in [1.165, 1.54) is 0 Å². The minimum atomic E-state index is -1.04. The van der Waals surface area contributed by atoms with Crippen LogP contribution < -0.4 is 5.32 Å². The lowest BCUT2D eigenvalue weighted by Crippen LogP contribution is -2.42. The quantitative estimate of drug-likeness (QED) is 0.896. The number of carboxylic acid groups (broad SMARTS) is 1. The Kier molecular flexibility index (Phi) is 3.23. The predicted molar refractivity (Wildman–Crippen MR) is 73.9 cm³/mol. The summed E-state index contributed by atoms with van der Waals surface area (Å²) in [5.74, 6) is -1.07. The third kappa shape index (κ3) is 2.55. The fourth-order valence-electron chi connectivity index (χ4n) is 2.43. The molecule has 1 aromatic heterocycles. The molecule has 1 fully saturated rings. The summed E-state index contributed by atoms with van der Waals surface area (Å²) in [4.78, 5) is 10.9. The number of fused-ring (bicyclic) bond motifs is 1. The summed E-state index contributed by atoms with van der Waals surface area (Å²) in [5, 5.41) is 13.2. The molecular weight excluding hydrogens is 258 g/mol. The normalized spacial score (nSPS) is 22.4. The molecule has 1 aliphatic rings. The molecule has 0 amide bonds. The first-order valence-corrected chi connectivity index (χ1v) is 6.64. The van der Waals surface area contributed by atoms with Gasteiger partial charge in [0.25, 0.3) is 0 Å². The van der Waals surface area contributed by atoms with Gasteiger partial charge in [0.15, 0.2) is 0 Å². The number of aromatic carboxylic acids is 1. The SMILES string of the molecule is CC1(NCc2ccc3oc(C(=O)O)cc3c2)CCOC1. The van der Waals surface area contributed by atoms with Gasteiger partial charge in [-0.15, -0.1) is 0 Å². The minimum Gasteiger partial charge on any atom is -0.475 e. The molecule has 1 unspecified atom stereocenters. The average Bonchev–Trinajstić information content (AvgIpc) is 3.02. The Bertz CT molecular complexity index is 640. The Hall–Kier alpha value is -1.85. The molecule has 1 aromatic carbocycles. The van der Waals surface area contributed by atoms with Crippen molar-refractivity contribution in [1.29, 1.82) is 0 Å². The van der Waals surface area contributed by atoms with Gasteiger partial charge >= 0.3 is 5.97 Å². The first-order chi connectivity index (χ1) is 9.56. The van der Waals surface area contributed by atoms with E-state index in [0.29, 0.717) is 5.58 Å². The number of benzene rings is 1. The highest BCUT2D eigenvalue weighted by atomic mass is 16.5. The van der Waals surface area contributed by atoms with E-state index < -0.39 is 5.97 Å². The average molecular weight is 275 g/mol. The van der Waals surface area contributed by atoms with Crippen molar-refractivity contribution in [2.75, 3.05) is 13.2 Å². The third-order valence-corrected chi connectivity index (χ3v) is 3.73. The lowest BCUT2D eigenvalue weighted by Gasteiger charge is -2.23. The second-order valence-electron chi connectivity index (χ2n) is 5.50. The molecule has 20 heavy (non-hydrogen) atoms. The first-order valence-electron chi connectivity index (χ1n) is 6.64. The van der Waals surface area contributed by atoms with Crippen molar-refractivity contribution in [3.05, 3.63) is 35.6 Å². The van der Waals surface area contributed by atoms with E-state index in [-0.39, 0.29) is 11.3 Å². The number of carboxylic acids is 1. The summed E-state index contributed by atoms with van der Waals surface area (Å²) in [5.41, 5.74) is 1.72. The van der Waals surface area contributed by atoms with Crippen LogP contribution in [0.1, 0.15) is 29.5 Å². The lowest BCUT2D eigenvalue weighted by atomic mass is 10.0. The predicted octanol–water partition coefficient (Wildman–Crippen LogP) is 2.40. The summed E-state index contributed by atoms with van der Waals surface area (Å²) in [6.45, 7) is 4.40. The number of hydrogen-bond donors (Lipinski definition) is 2. The van der Waals surface area contributed by atoms with Crippen molar-refractivity contribution in [3.63, 3.8) is 0 Å². The number of ether oxygens (including phenoxy) is 1. The van der Waals surface area contributed by atoms with Crippen molar-refractivity contribution >= 4 is 16.9 Å². The van der Waals surface area contributed by atoms with Gasteiger partial charge in [-0.2, -0.15) is 0 Å². The van der Waals surface area contributed by atoms with Crippen LogP contribution in [0.15, 0.2) is 28.7 Å². The van der Waals surface area contributed by atoms with Crippen LogP contribution in [0.3, 0.4) is 0 Å². The second kappa shape index (κ2) is 4.92. The number of rotatable bonds is 4. The molecule has 0 spiro atoms. The molecule has 5 nitrogen and oxygen atoms in total. The van der Waals surface area contributed by atoms with E-state index in [4.69, 9.17) is 14.3 Å². The molecule has 0 saturated carbocycles. The highest BCUT2D eigenvalue weighted by Crippen LogP contribution is 2.22. The Balaban J connectivity index is 1.76. The van der Waals surface area contributed by atoms with Gasteiger partial charge in [0, 0.05) is 24.1 Å². The molecule has 2 N–H and O–H groups in total. The zero-order chi connectivity index (χ0) is 14.2. The second-order valence-corrected chi connectivity index (χ2v) is 5.50. The van der Waals surface area contributed by atoms with Crippen molar-refractivity contribution in [2.45, 2.75) is 25.4 Å². The highest BCUT2D eigenvalue weighted by Gasteiger charge is 2.28. The van der Waals surface area contributed by atoms with Gasteiger partial charge in [-0.3, -0.25) is 0 Å². The third-order valence-electron chi connectivity index (χ3n) is 3.73. The van der Waals surface area contributed by atoms with E-state index >= 15 is 0 Å². The zero-order valence-corrected chi connectivity index (χ0v) is 11.3. The van der Waals surface area contributed by atoms with E-state index in [1.54, 1.807) is 6.07 Å². The van der Waals surface area contributed by atoms with Gasteiger partial charge in [0.1, 0.15) is 5.58 Å². The molecule has 5 heteroatoms. The van der Waals surface area contributed by atoms with E-state index in [9.17, 15) is 4.79 Å². The summed E-state index contributed by atoms with van der Waals surface area (Å²) in [7, 11) is 0. The molecule has 3 rings (SSSR count). The van der Waals surface area contributed by atoms with Gasteiger partial charge in [-0.05, 0) is 37.1 Å². The van der Waals surface area contributed by atoms with Gasteiger partial charge in [0.05, 0.1) is 6.61 Å². The lowest BCUT2D eigenvalue weighted by molar-refractivity contribution is 0.0665. The molecular formula is C15H17NO4. The molecule has 2 heterocycles. The maximum absolute atomic E-state index is 10.9. The molecule has 1 atom stereocenters. The standard InChI is InChI=1S/C15H17NO4/c1-15(4-5-19-9-15)16-8-10-2-3-12-11(6-10)7-13(20-12)14(17)18/h2-3,6-7,16H,4-5,8-9H2,1H3,(H,17,18). The van der Waals surface area contributed by atoms with Crippen LogP contribution in [-0.4, -0.2) is 29.8 Å². The number of nitrogens with one attached hydrogen (secondary N) is 1. The molecule has 0 bridgehead atoms. The monoisotopic (exact) mass is 275 g/mol. The summed E-state index contributed by atoms with van der Waals surface area (Å²) >= 11 is 0. The Morgan fingerprint density at radius 2 is 2.30 bits per heavy atom. The number of furan rings is 1. The molecule has 0 radical (unpaired) electrons. The van der Waals surface area contributed by atoms with Crippen molar-refractivity contribution in [2.24, 2.45) is 0 Å². The van der Waals surface area contributed by atoms with Gasteiger partial charge in [0.2, 0.25) is 5.76 Å². The summed E-state index contributed by atoms with van der Waals surface area (Å²) in [6.07, 6.45) is 1.00. The number of carbonyl (C=O) groups is 1. The smallest absolute Gasteiger partial charge is 0.371 e. The van der Waals surface area contributed by atoms with Crippen LogP contribution in [-0.2, 0) is 11.3 Å². The van der Waals surface area contributed by atoms with Crippen LogP contribution >= 0.6 is 0 Å². The van der Waals surface area contributed by atoms with Crippen molar-refractivity contribution in [1.82, 2.24) is 5.32 Å². The molecule has 2 aromatic rings. The van der Waals surface area contributed by atoms with Crippen LogP contribution in [0, 0.1) is 0 Å². The largest absolute Gasteiger partial charge is 0.475 e. The summed E-state index contributed by atoms with van der Waals surface area (Å²) in [6, 6.07) is 7.27. The Morgan fingerprint density at radius 3 is 3.00 bits per heavy atom. The van der Waals surface area contributed by atoms with Crippen LogP contribution in [0.25, 0.3) is 11.0 Å². The van der Waals surface area contributed by atoms with Gasteiger partial charge in [-0.25, -0.2) is 4.79 Å². The van der Waals surface area contributed by atoms with Crippen LogP contribution in [0.5, 0.6) is 0 Å². The topological polar surface area (TPSA) is 71.7 Å². The van der Waals surface area contributed by atoms with E-state index in [1.807, 2.05) is 18.2 Å². The maximum Gasteiger partial charge on any atom is 0.371 e. The van der Waals surface area contributed by atoms with Crippen molar-refractivity contribution in [3.8, 4) is 0 Å². The van der Waals surface area contributed by atoms with Crippen LogP contribution in [0.4, 0.5) is 0 Å². The van der Waals surface area contributed by atoms with Gasteiger partial charge < -0.3 is 19.6 Å². The van der Waals surface area contributed by atoms with E-state index in [2.05, 4.69) is 12.2 Å². The summed E-state index contributed by atoms with van der Waals surface area (Å²) < 4.78 is 10.6. The van der Waals surface area contributed by atoms with Crippen LogP contribution in [0.2, 0.25) is 0 Å². The number of hydrogen-bond acceptors (Lipinski definition) is 4.